The molecule has 132 valence electrons. The molecule has 1 aliphatic heterocycles. The van der Waals surface area contributed by atoms with Crippen LogP contribution in [0.15, 0.2) is 66.0 Å². The van der Waals surface area contributed by atoms with Crippen molar-refractivity contribution >= 4 is 22.9 Å². The first-order valence-electron chi connectivity index (χ1n) is 8.62. The quantitative estimate of drug-likeness (QED) is 0.739. The summed E-state index contributed by atoms with van der Waals surface area (Å²) in [6.45, 7) is 1.03. The number of halogens is 1. The number of amides is 1. The van der Waals surface area contributed by atoms with Gasteiger partial charge in [-0.15, -0.1) is 11.3 Å². The van der Waals surface area contributed by atoms with Crippen LogP contribution in [0.2, 0.25) is 0 Å². The number of hydrogen-bond donors (Lipinski definition) is 1. The first-order chi connectivity index (χ1) is 12.7. The lowest BCUT2D eigenvalue weighted by molar-refractivity contribution is -0.117. The number of anilines is 1. The minimum Gasteiger partial charge on any atom is -0.322 e. The van der Waals surface area contributed by atoms with Gasteiger partial charge in [-0.2, -0.15) is 0 Å². The van der Waals surface area contributed by atoms with E-state index in [1.165, 1.54) is 22.1 Å². The summed E-state index contributed by atoms with van der Waals surface area (Å²) in [5.74, 6) is -0.617. The van der Waals surface area contributed by atoms with Crippen molar-refractivity contribution in [2.45, 2.75) is 12.5 Å². The Labute approximate surface area is 156 Å². The average molecular weight is 366 g/mol. The van der Waals surface area contributed by atoms with Crippen LogP contribution in [0.5, 0.6) is 0 Å². The van der Waals surface area contributed by atoms with Crippen molar-refractivity contribution in [3.8, 4) is 0 Å². The molecule has 2 aromatic carbocycles. The fraction of sp³-hybridized carbons (Fsp3) is 0.190. The zero-order valence-corrected chi connectivity index (χ0v) is 15.0. The van der Waals surface area contributed by atoms with Gasteiger partial charge >= 0.3 is 0 Å². The zero-order valence-electron chi connectivity index (χ0n) is 14.2. The number of carbonyl (C=O) groups excluding carboxylic acids is 1. The largest absolute Gasteiger partial charge is 0.322 e. The van der Waals surface area contributed by atoms with Gasteiger partial charge in [-0.25, -0.2) is 4.39 Å². The van der Waals surface area contributed by atoms with Gasteiger partial charge in [0.2, 0.25) is 5.91 Å². The summed E-state index contributed by atoms with van der Waals surface area (Å²) in [7, 11) is 0. The molecule has 26 heavy (non-hydrogen) atoms. The third-order valence-electron chi connectivity index (χ3n) is 4.68. The zero-order chi connectivity index (χ0) is 17.9. The summed E-state index contributed by atoms with van der Waals surface area (Å²) in [5, 5.41) is 4.81. The molecule has 0 bridgehead atoms. The van der Waals surface area contributed by atoms with Crippen LogP contribution in [-0.4, -0.2) is 23.9 Å². The molecule has 0 aliphatic carbocycles. The molecule has 5 heteroatoms. The number of rotatable bonds is 4. The van der Waals surface area contributed by atoms with Gasteiger partial charge in [-0.1, -0.05) is 42.5 Å². The monoisotopic (exact) mass is 366 g/mol. The predicted molar refractivity (Wildman–Crippen MR) is 103 cm³/mol. The Hall–Kier alpha value is -2.50. The second-order valence-electron chi connectivity index (χ2n) is 6.36. The lowest BCUT2D eigenvalue weighted by Crippen LogP contribution is -2.40. The van der Waals surface area contributed by atoms with Gasteiger partial charge in [0.1, 0.15) is 5.82 Å². The van der Waals surface area contributed by atoms with E-state index in [1.54, 1.807) is 29.5 Å². The molecule has 0 fully saturated rings. The summed E-state index contributed by atoms with van der Waals surface area (Å²) in [6.07, 6.45) is 0.934. The standard InChI is InChI=1S/C21H19FN2OS/c22-17-8-4-5-9-18(17)23-20(25)14-24-12-10-19-16(11-13-26-19)21(24)15-6-2-1-3-7-15/h1-9,11,13,21H,10,12,14H2,(H,23,25)/t21-/m0/s1. The van der Waals surface area contributed by atoms with E-state index in [0.717, 1.165) is 13.0 Å². The average Bonchev–Trinajstić information content (AvgIpc) is 3.13. The summed E-state index contributed by atoms with van der Waals surface area (Å²) >= 11 is 1.77. The molecule has 0 spiro atoms. The van der Waals surface area contributed by atoms with Crippen LogP contribution in [-0.2, 0) is 11.2 Å². The minimum atomic E-state index is -0.417. The normalized spacial score (nSPS) is 16.9. The fourth-order valence-corrected chi connectivity index (χ4v) is 4.40. The lowest BCUT2D eigenvalue weighted by Gasteiger charge is -2.35. The number of hydrogen-bond acceptors (Lipinski definition) is 3. The molecule has 1 N–H and O–H groups in total. The Morgan fingerprint density at radius 1 is 1.12 bits per heavy atom. The van der Waals surface area contributed by atoms with E-state index in [-0.39, 0.29) is 24.2 Å². The van der Waals surface area contributed by atoms with Crippen molar-refractivity contribution in [3.63, 3.8) is 0 Å². The second kappa shape index (κ2) is 7.40. The summed E-state index contributed by atoms with van der Waals surface area (Å²) in [6, 6.07) is 18.7. The van der Waals surface area contributed by atoms with E-state index in [2.05, 4.69) is 33.8 Å². The van der Waals surface area contributed by atoms with E-state index in [0.29, 0.717) is 0 Å². The lowest BCUT2D eigenvalue weighted by atomic mass is 9.93. The number of carbonyl (C=O) groups is 1. The van der Waals surface area contributed by atoms with Crippen LogP contribution >= 0.6 is 11.3 Å². The predicted octanol–water partition coefficient (Wildman–Crippen LogP) is 4.47. The molecule has 1 aromatic heterocycles. The fourth-order valence-electron chi connectivity index (χ4n) is 3.50. The van der Waals surface area contributed by atoms with Crippen LogP contribution in [0.4, 0.5) is 10.1 Å². The van der Waals surface area contributed by atoms with E-state index < -0.39 is 5.82 Å². The van der Waals surface area contributed by atoms with Gasteiger partial charge in [0, 0.05) is 11.4 Å². The van der Waals surface area contributed by atoms with E-state index in [4.69, 9.17) is 0 Å². The maximum atomic E-state index is 13.8. The Morgan fingerprint density at radius 3 is 2.69 bits per heavy atom. The molecule has 0 unspecified atom stereocenters. The molecule has 1 aliphatic rings. The van der Waals surface area contributed by atoms with Gasteiger partial charge < -0.3 is 5.32 Å². The third kappa shape index (κ3) is 3.41. The molecule has 3 nitrogen and oxygen atoms in total. The highest BCUT2D eigenvalue weighted by Crippen LogP contribution is 2.37. The van der Waals surface area contributed by atoms with Crippen LogP contribution in [0.25, 0.3) is 0 Å². The number of thiophene rings is 1. The van der Waals surface area contributed by atoms with Crippen molar-refractivity contribution < 1.29 is 9.18 Å². The van der Waals surface area contributed by atoms with Gasteiger partial charge in [-0.05, 0) is 41.1 Å². The Bertz CT molecular complexity index is 909. The molecule has 3 aromatic rings. The van der Waals surface area contributed by atoms with Crippen LogP contribution < -0.4 is 5.32 Å². The highest BCUT2D eigenvalue weighted by atomic mass is 32.1. The van der Waals surface area contributed by atoms with Gasteiger partial charge in [0.25, 0.3) is 0 Å². The van der Waals surface area contributed by atoms with E-state index in [9.17, 15) is 9.18 Å². The Balaban J connectivity index is 1.57. The highest BCUT2D eigenvalue weighted by molar-refractivity contribution is 7.10. The molecule has 1 atom stereocenters. The number of fused-ring (bicyclic) bond motifs is 1. The summed E-state index contributed by atoms with van der Waals surface area (Å²) in [4.78, 5) is 16.1. The van der Waals surface area contributed by atoms with Crippen LogP contribution in [0, 0.1) is 5.82 Å². The molecule has 0 saturated heterocycles. The highest BCUT2D eigenvalue weighted by Gasteiger charge is 2.30. The first kappa shape index (κ1) is 16.9. The SMILES string of the molecule is O=C(CN1CCc2sccc2[C@@H]1c1ccccc1)Nc1ccccc1F. The van der Waals surface area contributed by atoms with Crippen LogP contribution in [0.3, 0.4) is 0 Å². The molecule has 0 saturated carbocycles. The second-order valence-corrected chi connectivity index (χ2v) is 7.36. The van der Waals surface area contributed by atoms with Crippen molar-refractivity contribution in [1.82, 2.24) is 4.90 Å². The number of para-hydroxylation sites is 1. The number of benzene rings is 2. The Morgan fingerprint density at radius 2 is 1.88 bits per heavy atom. The number of nitrogens with zero attached hydrogens (tertiary/aromatic N) is 1. The summed E-state index contributed by atoms with van der Waals surface area (Å²) < 4.78 is 13.8. The maximum Gasteiger partial charge on any atom is 0.238 e. The van der Waals surface area contributed by atoms with Crippen molar-refractivity contribution in [2.24, 2.45) is 0 Å². The number of nitrogens with one attached hydrogen (secondary N) is 1. The van der Waals surface area contributed by atoms with Gasteiger partial charge in [0.05, 0.1) is 18.3 Å². The van der Waals surface area contributed by atoms with Gasteiger partial charge in [0.15, 0.2) is 0 Å². The first-order valence-corrected chi connectivity index (χ1v) is 9.50. The van der Waals surface area contributed by atoms with Crippen molar-refractivity contribution in [2.75, 3.05) is 18.4 Å². The van der Waals surface area contributed by atoms with Crippen molar-refractivity contribution in [3.05, 3.63) is 87.9 Å². The third-order valence-corrected chi connectivity index (χ3v) is 5.67. The molecule has 2 heterocycles. The molecular weight excluding hydrogens is 347 g/mol. The van der Waals surface area contributed by atoms with Gasteiger partial charge in [-0.3, -0.25) is 9.69 Å². The minimum absolute atomic E-state index is 0.0533. The van der Waals surface area contributed by atoms with E-state index >= 15 is 0 Å². The maximum absolute atomic E-state index is 13.8. The van der Waals surface area contributed by atoms with Crippen LogP contribution in [0.1, 0.15) is 22.0 Å². The smallest absolute Gasteiger partial charge is 0.238 e. The Kier molecular flexibility index (Phi) is 4.82. The van der Waals surface area contributed by atoms with Crippen molar-refractivity contribution in [1.29, 1.82) is 0 Å². The van der Waals surface area contributed by atoms with E-state index in [1.807, 2.05) is 18.2 Å². The molecule has 0 radical (unpaired) electrons. The topological polar surface area (TPSA) is 32.3 Å². The molecule has 1 amide bonds. The molecule has 4 rings (SSSR count). The summed E-state index contributed by atoms with van der Waals surface area (Å²) in [5.41, 5.74) is 2.67. The molecular formula is C21H19FN2OS.